The van der Waals surface area contributed by atoms with E-state index in [9.17, 15) is 19.2 Å². The Morgan fingerprint density at radius 1 is 1.06 bits per heavy atom. The Bertz CT molecular complexity index is 1120. The molecule has 2 aliphatic rings. The Morgan fingerprint density at radius 3 is 2.54 bits per heavy atom. The number of nitrogens with zero attached hydrogens (tertiary/aromatic N) is 4. The molecule has 0 aliphatic carbocycles. The number of hydrogen-bond acceptors (Lipinski definition) is 7. The van der Waals surface area contributed by atoms with E-state index in [1.165, 1.54) is 23.2 Å². The average molecular weight is 522 g/mol. The summed E-state index contributed by atoms with van der Waals surface area (Å²) >= 11 is 5.77. The Hall–Kier alpha value is -3.28. The van der Waals surface area contributed by atoms with Gasteiger partial charge in [-0.3, -0.25) is 29.1 Å². The Balaban J connectivity index is 0.00000342. The first-order valence-electron chi connectivity index (χ1n) is 10.7. The molecule has 0 saturated carbocycles. The van der Waals surface area contributed by atoms with Gasteiger partial charge in [-0.05, 0) is 42.8 Å². The first-order valence-corrected chi connectivity index (χ1v) is 11.1. The number of carbonyl (C=O) groups is 4. The van der Waals surface area contributed by atoms with Crippen LogP contribution in [-0.2, 0) is 27.5 Å². The molecule has 0 spiro atoms. The minimum atomic E-state index is -0.901. The highest BCUT2D eigenvalue weighted by Crippen LogP contribution is 2.21. The van der Waals surface area contributed by atoms with Crippen molar-refractivity contribution in [2.24, 2.45) is 0 Å². The molecular formula is C22H25Cl2N7O4. The van der Waals surface area contributed by atoms with Gasteiger partial charge >= 0.3 is 11.8 Å². The maximum absolute atomic E-state index is 12.9. The fourth-order valence-electron chi connectivity index (χ4n) is 4.07. The molecule has 1 saturated heterocycles. The lowest BCUT2D eigenvalue weighted by molar-refractivity contribution is -0.137. The standard InChI is InChI=1S/C22H24ClN7O4.ClH/c1-29-9-13-6-17(24-7-14(13)10-29)20(32)27-18-11-30(12-31)5-4-16(18)26-21(33)22(34)28-19-3-2-15(23)8-25-19;/h2-3,6-8,12,16,18H,4-5,9-11H2,1H3,(H,26,33)(H,27,32)(H,25,28,34);1H/t16-,18+;/m0./s1. The number of fused-ring (bicyclic) bond motifs is 1. The van der Waals surface area contributed by atoms with E-state index in [4.69, 9.17) is 11.6 Å². The molecule has 11 nitrogen and oxygen atoms in total. The van der Waals surface area contributed by atoms with Crippen molar-refractivity contribution in [3.63, 3.8) is 0 Å². The lowest BCUT2D eigenvalue weighted by Crippen LogP contribution is -2.61. The highest BCUT2D eigenvalue weighted by Gasteiger charge is 2.33. The molecule has 4 amide bonds. The topological polar surface area (TPSA) is 137 Å². The lowest BCUT2D eigenvalue weighted by atomic mass is 9.99. The quantitative estimate of drug-likeness (QED) is 0.386. The maximum Gasteiger partial charge on any atom is 0.314 e. The zero-order valence-electron chi connectivity index (χ0n) is 18.9. The van der Waals surface area contributed by atoms with Gasteiger partial charge in [0, 0.05) is 38.6 Å². The van der Waals surface area contributed by atoms with Crippen LogP contribution in [0.2, 0.25) is 5.02 Å². The normalized spacial score (nSPS) is 19.2. The van der Waals surface area contributed by atoms with Gasteiger partial charge in [-0.2, -0.15) is 0 Å². The number of pyridine rings is 2. The molecule has 2 atom stereocenters. The summed E-state index contributed by atoms with van der Waals surface area (Å²) in [7, 11) is 1.99. The smallest absolute Gasteiger partial charge is 0.314 e. The van der Waals surface area contributed by atoms with Gasteiger partial charge in [-0.1, -0.05) is 11.6 Å². The van der Waals surface area contributed by atoms with Crippen LogP contribution in [0.3, 0.4) is 0 Å². The molecule has 4 rings (SSSR count). The Morgan fingerprint density at radius 2 is 1.83 bits per heavy atom. The number of amides is 4. The van der Waals surface area contributed by atoms with Crippen molar-refractivity contribution in [2.75, 3.05) is 25.5 Å². The van der Waals surface area contributed by atoms with E-state index in [-0.39, 0.29) is 30.5 Å². The van der Waals surface area contributed by atoms with E-state index >= 15 is 0 Å². The van der Waals surface area contributed by atoms with Crippen LogP contribution in [0.25, 0.3) is 0 Å². The van der Waals surface area contributed by atoms with Crippen LogP contribution in [0.15, 0.2) is 30.6 Å². The third-order valence-electron chi connectivity index (χ3n) is 5.80. The third-order valence-corrected chi connectivity index (χ3v) is 6.02. The second-order valence-corrected chi connectivity index (χ2v) is 8.81. The number of carbonyl (C=O) groups excluding carboxylic acids is 4. The van der Waals surface area contributed by atoms with E-state index in [1.54, 1.807) is 12.3 Å². The van der Waals surface area contributed by atoms with E-state index in [1.807, 2.05) is 7.05 Å². The predicted octanol–water partition coefficient (Wildman–Crippen LogP) is 0.581. The molecule has 2 aliphatic heterocycles. The van der Waals surface area contributed by atoms with E-state index < -0.39 is 29.8 Å². The molecule has 186 valence electrons. The molecule has 35 heavy (non-hydrogen) atoms. The molecule has 13 heteroatoms. The summed E-state index contributed by atoms with van der Waals surface area (Å²) in [6.07, 6.45) is 4.10. The molecule has 3 N–H and O–H groups in total. The van der Waals surface area contributed by atoms with Gasteiger partial charge in [0.05, 0.1) is 17.1 Å². The molecule has 0 unspecified atom stereocenters. The van der Waals surface area contributed by atoms with Crippen molar-refractivity contribution < 1.29 is 19.2 Å². The van der Waals surface area contributed by atoms with Gasteiger partial charge in [-0.25, -0.2) is 4.98 Å². The highest BCUT2D eigenvalue weighted by molar-refractivity contribution is 6.39. The highest BCUT2D eigenvalue weighted by atomic mass is 35.5. The number of rotatable bonds is 5. The number of aromatic nitrogens is 2. The monoisotopic (exact) mass is 521 g/mol. The average Bonchev–Trinajstić information content (AvgIpc) is 3.20. The summed E-state index contributed by atoms with van der Waals surface area (Å²) < 4.78 is 0. The largest absolute Gasteiger partial charge is 0.344 e. The minimum Gasteiger partial charge on any atom is -0.344 e. The second-order valence-electron chi connectivity index (χ2n) is 8.38. The van der Waals surface area contributed by atoms with Gasteiger partial charge in [0.2, 0.25) is 6.41 Å². The Labute approximate surface area is 213 Å². The van der Waals surface area contributed by atoms with Crippen molar-refractivity contribution in [2.45, 2.75) is 31.6 Å². The molecule has 0 bridgehead atoms. The van der Waals surface area contributed by atoms with E-state index in [0.717, 1.165) is 24.2 Å². The van der Waals surface area contributed by atoms with E-state index in [0.29, 0.717) is 24.4 Å². The first kappa shape index (κ1) is 26.3. The van der Waals surface area contributed by atoms with Crippen molar-refractivity contribution in [1.82, 2.24) is 30.4 Å². The fourth-order valence-corrected chi connectivity index (χ4v) is 4.18. The summed E-state index contributed by atoms with van der Waals surface area (Å²) in [6, 6.07) is 3.61. The molecule has 2 aromatic rings. The van der Waals surface area contributed by atoms with Crippen LogP contribution in [0, 0.1) is 0 Å². The van der Waals surface area contributed by atoms with Gasteiger partial charge in [-0.15, -0.1) is 12.4 Å². The number of anilines is 1. The van der Waals surface area contributed by atoms with E-state index in [2.05, 4.69) is 30.8 Å². The summed E-state index contributed by atoms with van der Waals surface area (Å²) in [5.74, 6) is -2.01. The lowest BCUT2D eigenvalue weighted by Gasteiger charge is -2.37. The summed E-state index contributed by atoms with van der Waals surface area (Å²) in [5.41, 5.74) is 2.38. The number of likely N-dealkylation sites (tertiary alicyclic amines) is 1. The first-order chi connectivity index (χ1) is 16.3. The fraction of sp³-hybridized carbons (Fsp3) is 0.364. The molecule has 1 fully saturated rings. The second kappa shape index (κ2) is 11.4. The predicted molar refractivity (Wildman–Crippen MR) is 130 cm³/mol. The van der Waals surface area contributed by atoms with Crippen molar-refractivity contribution in [3.8, 4) is 0 Å². The van der Waals surface area contributed by atoms with Crippen LogP contribution < -0.4 is 16.0 Å². The van der Waals surface area contributed by atoms with Crippen molar-refractivity contribution in [3.05, 3.63) is 52.4 Å². The maximum atomic E-state index is 12.9. The van der Waals surface area contributed by atoms with Gasteiger partial charge in [0.1, 0.15) is 11.5 Å². The van der Waals surface area contributed by atoms with Gasteiger partial charge < -0.3 is 20.9 Å². The molecule has 0 radical (unpaired) electrons. The molecule has 2 aromatic heterocycles. The third kappa shape index (κ3) is 6.44. The molecule has 4 heterocycles. The van der Waals surface area contributed by atoms with Crippen LogP contribution in [0.4, 0.5) is 5.82 Å². The summed E-state index contributed by atoms with van der Waals surface area (Å²) in [6.45, 7) is 2.08. The van der Waals surface area contributed by atoms with Gasteiger partial charge in [0.25, 0.3) is 5.91 Å². The van der Waals surface area contributed by atoms with Crippen molar-refractivity contribution in [1.29, 1.82) is 0 Å². The summed E-state index contributed by atoms with van der Waals surface area (Å²) in [4.78, 5) is 60.9. The number of piperidine rings is 1. The summed E-state index contributed by atoms with van der Waals surface area (Å²) in [5, 5.41) is 8.32. The van der Waals surface area contributed by atoms with Gasteiger partial charge in [0.15, 0.2) is 0 Å². The zero-order chi connectivity index (χ0) is 24.2. The Kier molecular flexibility index (Phi) is 8.60. The molecule has 0 aromatic carbocycles. The number of nitrogens with one attached hydrogen (secondary N) is 3. The SMILES string of the molecule is CN1Cc2cnc(C(=O)N[C@@H]3CN(C=O)CC[C@@H]3NC(=O)C(=O)Nc3ccc(Cl)cn3)cc2C1.Cl. The zero-order valence-corrected chi connectivity index (χ0v) is 20.4. The minimum absolute atomic E-state index is 0. The van der Waals surface area contributed by atoms with Crippen LogP contribution >= 0.6 is 24.0 Å². The molecular weight excluding hydrogens is 497 g/mol. The number of hydrogen-bond donors (Lipinski definition) is 3. The number of halogens is 2. The van der Waals surface area contributed by atoms with Crippen LogP contribution in [-0.4, -0.2) is 76.1 Å². The van der Waals surface area contributed by atoms with Crippen LogP contribution in [0.1, 0.15) is 28.0 Å². The van der Waals surface area contributed by atoms with Crippen LogP contribution in [0.5, 0.6) is 0 Å². The van der Waals surface area contributed by atoms with Crippen molar-refractivity contribution >= 4 is 54.0 Å².